The average molecular weight is 328 g/mol. The van der Waals surface area contributed by atoms with Crippen LogP contribution in [0.3, 0.4) is 0 Å². The number of ether oxygens (including phenoxy) is 1. The first-order valence-electron chi connectivity index (χ1n) is 6.83. The summed E-state index contributed by atoms with van der Waals surface area (Å²) in [6.07, 6.45) is 0. The van der Waals surface area contributed by atoms with Crippen LogP contribution in [0.5, 0.6) is 5.75 Å². The predicted molar refractivity (Wildman–Crippen MR) is 86.0 cm³/mol. The zero-order chi connectivity index (χ0) is 15.6. The van der Waals surface area contributed by atoms with Gasteiger partial charge in [0.1, 0.15) is 12.4 Å². The first kappa shape index (κ1) is 16.1. The minimum atomic E-state index is -0.0600. The van der Waals surface area contributed by atoms with Gasteiger partial charge in [0.15, 0.2) is 0 Å². The Labute approximate surface area is 134 Å². The first-order chi connectivity index (χ1) is 9.93. The molecule has 1 heterocycles. The number of rotatable bonds is 5. The molecule has 0 aliphatic rings. The lowest BCUT2D eigenvalue weighted by molar-refractivity contribution is 0.292. The fourth-order valence-electron chi connectivity index (χ4n) is 2.07. The minimum absolute atomic E-state index is 0.0600. The normalized spacial score (nSPS) is 12.5. The van der Waals surface area contributed by atoms with E-state index in [0.29, 0.717) is 22.4 Å². The molecule has 1 unspecified atom stereocenters. The molecular formula is C15H19Cl2N3O. The maximum atomic E-state index is 6.25. The van der Waals surface area contributed by atoms with Crippen molar-refractivity contribution in [2.45, 2.75) is 40.0 Å². The molecule has 2 aromatic rings. The highest BCUT2D eigenvalue weighted by Gasteiger charge is 2.14. The zero-order valence-corrected chi connectivity index (χ0v) is 13.9. The molecule has 0 fully saturated rings. The van der Waals surface area contributed by atoms with E-state index in [4.69, 9.17) is 33.7 Å². The Kier molecular flexibility index (Phi) is 5.14. The smallest absolute Gasteiger partial charge is 0.138 e. The van der Waals surface area contributed by atoms with Crippen LogP contribution in [0.4, 0.5) is 0 Å². The van der Waals surface area contributed by atoms with Crippen LogP contribution in [-0.2, 0) is 13.2 Å². The van der Waals surface area contributed by atoms with Crippen molar-refractivity contribution in [2.75, 3.05) is 0 Å². The Morgan fingerprint density at radius 1 is 1.38 bits per heavy atom. The van der Waals surface area contributed by atoms with Gasteiger partial charge in [-0.3, -0.25) is 4.68 Å². The number of nitrogens with two attached hydrogens (primary N) is 1. The van der Waals surface area contributed by atoms with E-state index in [2.05, 4.69) is 5.10 Å². The second-order valence-corrected chi connectivity index (χ2v) is 5.71. The minimum Gasteiger partial charge on any atom is -0.486 e. The molecule has 1 atom stereocenters. The fraction of sp³-hybridized carbons (Fsp3) is 0.400. The van der Waals surface area contributed by atoms with E-state index in [1.165, 1.54) is 0 Å². The van der Waals surface area contributed by atoms with Gasteiger partial charge in [0.2, 0.25) is 0 Å². The second kappa shape index (κ2) is 6.69. The maximum Gasteiger partial charge on any atom is 0.138 e. The van der Waals surface area contributed by atoms with Crippen LogP contribution in [0.1, 0.15) is 36.8 Å². The van der Waals surface area contributed by atoms with Gasteiger partial charge in [-0.15, -0.1) is 0 Å². The quantitative estimate of drug-likeness (QED) is 0.898. The highest BCUT2D eigenvalue weighted by atomic mass is 35.5. The zero-order valence-electron chi connectivity index (χ0n) is 12.4. The summed E-state index contributed by atoms with van der Waals surface area (Å²) >= 11 is 12.5. The molecule has 0 spiro atoms. The monoisotopic (exact) mass is 327 g/mol. The largest absolute Gasteiger partial charge is 0.486 e. The molecule has 0 aliphatic heterocycles. The van der Waals surface area contributed by atoms with E-state index in [1.807, 2.05) is 43.7 Å². The Balaban J connectivity index is 2.17. The first-order valence-corrected chi connectivity index (χ1v) is 7.59. The second-order valence-electron chi connectivity index (χ2n) is 4.93. The molecule has 0 bridgehead atoms. The van der Waals surface area contributed by atoms with Crippen molar-refractivity contribution in [3.8, 4) is 5.75 Å². The van der Waals surface area contributed by atoms with E-state index in [-0.39, 0.29) is 6.04 Å². The van der Waals surface area contributed by atoms with E-state index in [0.717, 1.165) is 23.5 Å². The summed E-state index contributed by atoms with van der Waals surface area (Å²) in [7, 11) is 0. The van der Waals surface area contributed by atoms with E-state index in [1.54, 1.807) is 0 Å². The Morgan fingerprint density at radius 2 is 2.10 bits per heavy atom. The fourth-order valence-corrected chi connectivity index (χ4v) is 2.50. The summed E-state index contributed by atoms with van der Waals surface area (Å²) < 4.78 is 7.61. The van der Waals surface area contributed by atoms with Crippen LogP contribution in [0.2, 0.25) is 10.0 Å². The summed E-state index contributed by atoms with van der Waals surface area (Å²) in [6, 6.07) is 5.51. The number of benzene rings is 1. The molecule has 0 radical (unpaired) electrons. The molecule has 114 valence electrons. The summed E-state index contributed by atoms with van der Waals surface area (Å²) in [6.45, 7) is 6.86. The summed E-state index contributed by atoms with van der Waals surface area (Å²) in [4.78, 5) is 0. The van der Waals surface area contributed by atoms with Gasteiger partial charge in [-0.25, -0.2) is 0 Å². The topological polar surface area (TPSA) is 53.1 Å². The number of aromatic nitrogens is 2. The van der Waals surface area contributed by atoms with Crippen molar-refractivity contribution < 1.29 is 4.74 Å². The van der Waals surface area contributed by atoms with Gasteiger partial charge in [0.05, 0.1) is 21.4 Å². The molecule has 0 amide bonds. The maximum absolute atomic E-state index is 6.25. The molecule has 4 nitrogen and oxygen atoms in total. The third-order valence-electron chi connectivity index (χ3n) is 3.30. The van der Waals surface area contributed by atoms with Crippen LogP contribution in [0.15, 0.2) is 18.2 Å². The van der Waals surface area contributed by atoms with Crippen LogP contribution in [-0.4, -0.2) is 9.78 Å². The molecule has 0 aliphatic carbocycles. The molecule has 0 saturated carbocycles. The number of nitrogens with zero attached hydrogens (tertiary/aromatic N) is 2. The Hall–Kier alpha value is -1.23. The molecule has 2 rings (SSSR count). The number of aryl methyl sites for hydroxylation is 2. The number of hydrogen-bond donors (Lipinski definition) is 1. The van der Waals surface area contributed by atoms with E-state index >= 15 is 0 Å². The summed E-state index contributed by atoms with van der Waals surface area (Å²) in [5.41, 5.74) is 8.45. The summed E-state index contributed by atoms with van der Waals surface area (Å²) in [5, 5.41) is 5.54. The lowest BCUT2D eigenvalue weighted by Crippen LogP contribution is -2.07. The molecule has 6 heteroatoms. The van der Waals surface area contributed by atoms with Gasteiger partial charge in [0, 0.05) is 12.6 Å². The third-order valence-corrected chi connectivity index (χ3v) is 4.09. The molecule has 2 N–H and O–H groups in total. The van der Waals surface area contributed by atoms with Crippen molar-refractivity contribution in [3.63, 3.8) is 0 Å². The van der Waals surface area contributed by atoms with Crippen molar-refractivity contribution in [1.29, 1.82) is 0 Å². The lowest BCUT2D eigenvalue weighted by atomic mass is 10.1. The van der Waals surface area contributed by atoms with E-state index in [9.17, 15) is 0 Å². The van der Waals surface area contributed by atoms with Crippen LogP contribution >= 0.6 is 23.2 Å². The highest BCUT2D eigenvalue weighted by molar-refractivity contribution is 6.32. The summed E-state index contributed by atoms with van der Waals surface area (Å²) in [5.74, 6) is 0.610. The average Bonchev–Trinajstić information content (AvgIpc) is 2.72. The van der Waals surface area contributed by atoms with Gasteiger partial charge >= 0.3 is 0 Å². The number of halogens is 2. The highest BCUT2D eigenvalue weighted by Crippen LogP contribution is 2.29. The van der Waals surface area contributed by atoms with Crippen LogP contribution in [0.25, 0.3) is 0 Å². The molecule has 0 saturated heterocycles. The van der Waals surface area contributed by atoms with Crippen molar-refractivity contribution in [3.05, 3.63) is 45.2 Å². The predicted octanol–water partition coefficient (Wildman–Crippen LogP) is 4.12. The molecule has 1 aromatic carbocycles. The van der Waals surface area contributed by atoms with Crippen molar-refractivity contribution in [2.24, 2.45) is 5.73 Å². The van der Waals surface area contributed by atoms with E-state index < -0.39 is 0 Å². The Morgan fingerprint density at radius 3 is 2.67 bits per heavy atom. The number of hydrogen-bond acceptors (Lipinski definition) is 3. The molecule has 21 heavy (non-hydrogen) atoms. The van der Waals surface area contributed by atoms with Gasteiger partial charge in [-0.05, 0) is 38.5 Å². The van der Waals surface area contributed by atoms with Crippen molar-refractivity contribution >= 4 is 23.2 Å². The third kappa shape index (κ3) is 3.51. The standard InChI is InChI=1S/C15H19Cl2N3O/c1-4-20-13(15(17)10(3)19-20)8-21-14-6-5-11(9(2)18)7-12(14)16/h5-7,9H,4,8,18H2,1-3H3. The van der Waals surface area contributed by atoms with Gasteiger partial charge < -0.3 is 10.5 Å². The Bertz CT molecular complexity index is 638. The van der Waals surface area contributed by atoms with Crippen molar-refractivity contribution in [1.82, 2.24) is 9.78 Å². The van der Waals surface area contributed by atoms with Gasteiger partial charge in [-0.2, -0.15) is 5.10 Å². The molecular weight excluding hydrogens is 309 g/mol. The molecule has 1 aromatic heterocycles. The van der Waals surface area contributed by atoms with Crippen LogP contribution < -0.4 is 10.5 Å². The van der Waals surface area contributed by atoms with Crippen LogP contribution in [0, 0.1) is 6.92 Å². The van der Waals surface area contributed by atoms with Gasteiger partial charge in [-0.1, -0.05) is 29.3 Å². The lowest BCUT2D eigenvalue weighted by Gasteiger charge is -2.12. The van der Waals surface area contributed by atoms with Gasteiger partial charge in [0.25, 0.3) is 0 Å². The SMILES string of the molecule is CCn1nc(C)c(Cl)c1COc1ccc(C(C)N)cc1Cl.